The Morgan fingerprint density at radius 2 is 1.60 bits per heavy atom. The van der Waals surface area contributed by atoms with Crippen LogP contribution < -0.4 is 10.1 Å². The van der Waals surface area contributed by atoms with Crippen LogP contribution in [0.2, 0.25) is 0 Å². The van der Waals surface area contributed by atoms with Crippen molar-refractivity contribution in [3.05, 3.63) is 67.3 Å². The van der Waals surface area contributed by atoms with Crippen LogP contribution in [0.25, 0.3) is 0 Å². The summed E-state index contributed by atoms with van der Waals surface area (Å²) in [7, 11) is 0. The zero-order valence-electron chi connectivity index (χ0n) is 17.0. The van der Waals surface area contributed by atoms with E-state index in [1.54, 1.807) is 0 Å². The number of carbonyl (C=O) groups excluding carboxylic acids is 2. The number of para-hydroxylation sites is 1. The maximum absolute atomic E-state index is 13.0. The summed E-state index contributed by atoms with van der Waals surface area (Å²) in [6.45, 7) is 5.65. The zero-order chi connectivity index (χ0) is 21.0. The third-order valence-electron chi connectivity index (χ3n) is 6.11. The van der Waals surface area contributed by atoms with Crippen molar-refractivity contribution in [2.24, 2.45) is 0 Å². The number of urea groups is 1. The molecule has 6 nitrogen and oxygen atoms in total. The molecule has 2 aliphatic heterocycles. The summed E-state index contributed by atoms with van der Waals surface area (Å²) in [6.07, 6.45) is 4.96. The van der Waals surface area contributed by atoms with Crippen molar-refractivity contribution in [3.63, 3.8) is 0 Å². The molecular weight excluding hydrogens is 378 g/mol. The molecule has 1 N–H and O–H groups in total. The van der Waals surface area contributed by atoms with Gasteiger partial charge in [0.1, 0.15) is 11.5 Å². The van der Waals surface area contributed by atoms with Crippen LogP contribution in [0.15, 0.2) is 67.3 Å². The Morgan fingerprint density at radius 1 is 0.933 bits per heavy atom. The summed E-state index contributed by atoms with van der Waals surface area (Å²) in [4.78, 5) is 28.7. The predicted octanol–water partition coefficient (Wildman–Crippen LogP) is 4.65. The lowest BCUT2D eigenvalue weighted by Crippen LogP contribution is -2.55. The number of likely N-dealkylation sites (tertiary alicyclic amines) is 2. The van der Waals surface area contributed by atoms with Crippen molar-refractivity contribution in [1.29, 1.82) is 0 Å². The lowest BCUT2D eigenvalue weighted by molar-refractivity contribution is -0.128. The lowest BCUT2D eigenvalue weighted by Gasteiger charge is -2.44. The minimum Gasteiger partial charge on any atom is -0.457 e. The molecule has 0 unspecified atom stereocenters. The van der Waals surface area contributed by atoms with Crippen molar-refractivity contribution < 1.29 is 14.3 Å². The average molecular weight is 405 g/mol. The van der Waals surface area contributed by atoms with Gasteiger partial charge in [-0.3, -0.25) is 4.79 Å². The Balaban J connectivity index is 1.37. The monoisotopic (exact) mass is 405 g/mol. The van der Waals surface area contributed by atoms with E-state index in [2.05, 4.69) is 11.9 Å². The maximum atomic E-state index is 13.0. The molecule has 30 heavy (non-hydrogen) atoms. The topological polar surface area (TPSA) is 61.9 Å². The van der Waals surface area contributed by atoms with Gasteiger partial charge in [0.25, 0.3) is 0 Å². The van der Waals surface area contributed by atoms with Gasteiger partial charge in [0.05, 0.1) is 0 Å². The fourth-order valence-corrected chi connectivity index (χ4v) is 4.47. The molecule has 6 heteroatoms. The first-order chi connectivity index (χ1) is 14.6. The van der Waals surface area contributed by atoms with Gasteiger partial charge in [-0.15, -0.1) is 0 Å². The molecule has 4 rings (SSSR count). The SMILES string of the molecule is C=CC(=O)N1CCC2(CCCN2C(=O)Nc2ccc(Oc3ccccc3)cc2)CC1. The molecule has 0 radical (unpaired) electrons. The summed E-state index contributed by atoms with van der Waals surface area (Å²) in [5, 5.41) is 3.03. The molecule has 0 aliphatic carbocycles. The van der Waals surface area contributed by atoms with E-state index in [4.69, 9.17) is 4.74 Å². The fourth-order valence-electron chi connectivity index (χ4n) is 4.47. The summed E-state index contributed by atoms with van der Waals surface area (Å²) >= 11 is 0. The lowest BCUT2D eigenvalue weighted by atomic mass is 9.85. The Kier molecular flexibility index (Phi) is 5.74. The van der Waals surface area contributed by atoms with Crippen LogP contribution in [-0.4, -0.2) is 46.9 Å². The third kappa shape index (κ3) is 4.17. The van der Waals surface area contributed by atoms with Crippen molar-refractivity contribution in [1.82, 2.24) is 9.80 Å². The van der Waals surface area contributed by atoms with Crippen LogP contribution in [0.4, 0.5) is 10.5 Å². The number of ether oxygens (including phenoxy) is 1. The van der Waals surface area contributed by atoms with E-state index in [0.717, 1.165) is 49.4 Å². The van der Waals surface area contributed by atoms with E-state index in [9.17, 15) is 9.59 Å². The highest BCUT2D eigenvalue weighted by molar-refractivity contribution is 5.90. The van der Waals surface area contributed by atoms with Gasteiger partial charge in [-0.2, -0.15) is 0 Å². The van der Waals surface area contributed by atoms with Gasteiger partial charge < -0.3 is 19.9 Å². The Hall–Kier alpha value is -3.28. The van der Waals surface area contributed by atoms with E-state index >= 15 is 0 Å². The number of carbonyl (C=O) groups is 2. The number of benzene rings is 2. The van der Waals surface area contributed by atoms with Gasteiger partial charge in [0.15, 0.2) is 0 Å². The third-order valence-corrected chi connectivity index (χ3v) is 6.11. The minimum absolute atomic E-state index is 0.0309. The van der Waals surface area contributed by atoms with E-state index < -0.39 is 0 Å². The van der Waals surface area contributed by atoms with E-state index in [0.29, 0.717) is 13.1 Å². The average Bonchev–Trinajstić information content (AvgIpc) is 3.19. The van der Waals surface area contributed by atoms with Gasteiger partial charge in [-0.05, 0) is 68.2 Å². The normalized spacial score (nSPS) is 17.6. The molecule has 2 aliphatic rings. The summed E-state index contributed by atoms with van der Waals surface area (Å²) < 4.78 is 5.80. The molecule has 2 saturated heterocycles. The Bertz CT molecular complexity index is 903. The first-order valence-electron chi connectivity index (χ1n) is 10.4. The van der Waals surface area contributed by atoms with Gasteiger partial charge >= 0.3 is 6.03 Å². The van der Waals surface area contributed by atoms with Crippen LogP contribution >= 0.6 is 0 Å². The summed E-state index contributed by atoms with van der Waals surface area (Å²) in [5.74, 6) is 1.46. The van der Waals surface area contributed by atoms with Crippen LogP contribution in [0, 0.1) is 0 Å². The largest absolute Gasteiger partial charge is 0.457 e. The molecule has 2 heterocycles. The van der Waals surface area contributed by atoms with Crippen molar-refractivity contribution in [3.8, 4) is 11.5 Å². The minimum atomic E-state index is -0.154. The van der Waals surface area contributed by atoms with E-state index in [1.807, 2.05) is 64.4 Å². The second-order valence-corrected chi connectivity index (χ2v) is 7.88. The first kappa shape index (κ1) is 20.0. The number of piperidine rings is 1. The van der Waals surface area contributed by atoms with Crippen molar-refractivity contribution in [2.45, 2.75) is 31.2 Å². The van der Waals surface area contributed by atoms with Crippen molar-refractivity contribution in [2.75, 3.05) is 25.0 Å². The summed E-state index contributed by atoms with van der Waals surface area (Å²) in [5.41, 5.74) is 0.583. The van der Waals surface area contributed by atoms with Crippen LogP contribution in [0.5, 0.6) is 11.5 Å². The van der Waals surface area contributed by atoms with Gasteiger partial charge in [0.2, 0.25) is 5.91 Å². The predicted molar refractivity (Wildman–Crippen MR) is 117 cm³/mol. The molecule has 1 spiro atoms. The quantitative estimate of drug-likeness (QED) is 0.753. The molecule has 2 aromatic rings. The number of amides is 3. The highest BCUT2D eigenvalue weighted by atomic mass is 16.5. The number of hydrogen-bond donors (Lipinski definition) is 1. The second kappa shape index (κ2) is 8.61. The first-order valence-corrected chi connectivity index (χ1v) is 10.4. The van der Waals surface area contributed by atoms with Crippen LogP contribution in [0.3, 0.4) is 0 Å². The Morgan fingerprint density at radius 3 is 2.27 bits per heavy atom. The summed E-state index contributed by atoms with van der Waals surface area (Å²) in [6, 6.07) is 16.9. The second-order valence-electron chi connectivity index (χ2n) is 7.88. The standard InChI is InChI=1S/C24H27N3O3/c1-2-22(28)26-17-14-24(15-18-26)13-6-16-27(24)23(29)25-19-9-11-21(12-10-19)30-20-7-4-3-5-8-20/h2-5,7-12H,1,6,13-18H2,(H,25,29). The number of nitrogens with one attached hydrogen (secondary N) is 1. The number of anilines is 1. The molecule has 2 fully saturated rings. The van der Waals surface area contributed by atoms with Crippen LogP contribution in [-0.2, 0) is 4.79 Å². The van der Waals surface area contributed by atoms with Crippen molar-refractivity contribution >= 4 is 17.6 Å². The molecule has 3 amide bonds. The molecule has 0 bridgehead atoms. The van der Waals surface area contributed by atoms with Crippen LogP contribution in [0.1, 0.15) is 25.7 Å². The highest BCUT2D eigenvalue weighted by Gasteiger charge is 2.45. The van der Waals surface area contributed by atoms with Gasteiger partial charge in [-0.1, -0.05) is 24.8 Å². The smallest absolute Gasteiger partial charge is 0.322 e. The van der Waals surface area contributed by atoms with Gasteiger partial charge in [0, 0.05) is 30.9 Å². The number of nitrogens with zero attached hydrogens (tertiary/aromatic N) is 2. The number of rotatable bonds is 4. The molecule has 2 aromatic carbocycles. The fraction of sp³-hybridized carbons (Fsp3) is 0.333. The molecular formula is C24H27N3O3. The van der Waals surface area contributed by atoms with Gasteiger partial charge in [-0.25, -0.2) is 4.79 Å². The molecule has 0 saturated carbocycles. The van der Waals surface area contributed by atoms with E-state index in [-0.39, 0.29) is 17.5 Å². The molecule has 156 valence electrons. The Labute approximate surface area is 177 Å². The number of hydrogen-bond acceptors (Lipinski definition) is 3. The molecule has 0 aromatic heterocycles. The molecule has 0 atom stereocenters. The highest BCUT2D eigenvalue weighted by Crippen LogP contribution is 2.39. The zero-order valence-corrected chi connectivity index (χ0v) is 17.0. The van der Waals surface area contributed by atoms with E-state index in [1.165, 1.54) is 6.08 Å². The maximum Gasteiger partial charge on any atom is 0.322 e.